The molecule has 1 aliphatic heterocycles. The molecule has 0 saturated carbocycles. The first kappa shape index (κ1) is 21.9. The first-order chi connectivity index (χ1) is 14.5. The molecule has 0 aromatic carbocycles. The van der Waals surface area contributed by atoms with Crippen LogP contribution >= 0.6 is 0 Å². The Morgan fingerprint density at radius 2 is 2.13 bits per heavy atom. The number of hydrogen-bond acceptors (Lipinski definition) is 5. The number of hydrogen-bond donors (Lipinski definition) is 2. The summed E-state index contributed by atoms with van der Waals surface area (Å²) in [5, 5.41) is 10.1. The summed E-state index contributed by atoms with van der Waals surface area (Å²) in [6.45, 7) is 4.59. The van der Waals surface area contributed by atoms with E-state index in [1.807, 2.05) is 22.8 Å². The van der Waals surface area contributed by atoms with Crippen LogP contribution in [0, 0.1) is 11.7 Å². The number of rotatable bonds is 7. The van der Waals surface area contributed by atoms with Crippen LogP contribution in [-0.4, -0.2) is 57.7 Å². The fraction of sp³-hybridized carbons (Fsp3) is 0.524. The summed E-state index contributed by atoms with van der Waals surface area (Å²) in [5.74, 6) is -1.35. The largest absolute Gasteiger partial charge is 0.352 e. The highest BCUT2D eigenvalue weighted by Gasteiger charge is 2.28. The van der Waals surface area contributed by atoms with E-state index in [2.05, 4.69) is 27.6 Å². The molecule has 2 aromatic rings. The lowest BCUT2D eigenvalue weighted by atomic mass is 10.0. The maximum Gasteiger partial charge on any atom is 0.273 e. The van der Waals surface area contributed by atoms with Crippen molar-refractivity contribution >= 4 is 11.8 Å². The van der Waals surface area contributed by atoms with Crippen molar-refractivity contribution in [3.8, 4) is 0 Å². The smallest absolute Gasteiger partial charge is 0.273 e. The number of pyridine rings is 1. The minimum absolute atomic E-state index is 0.00663. The van der Waals surface area contributed by atoms with Crippen LogP contribution in [-0.2, 0) is 17.9 Å². The third-order valence-corrected chi connectivity index (χ3v) is 5.21. The first-order valence-electron chi connectivity index (χ1n) is 10.3. The molecule has 8 nitrogen and oxygen atoms in total. The molecule has 2 N–H and O–H groups in total. The zero-order valence-electron chi connectivity index (χ0n) is 17.5. The van der Waals surface area contributed by atoms with E-state index in [1.165, 1.54) is 18.3 Å². The zero-order chi connectivity index (χ0) is 21.5. The number of amides is 2. The van der Waals surface area contributed by atoms with Crippen molar-refractivity contribution in [3.05, 3.63) is 47.8 Å². The summed E-state index contributed by atoms with van der Waals surface area (Å²) in [6, 6.07) is 2.49. The van der Waals surface area contributed by atoms with Crippen LogP contribution in [0.5, 0.6) is 0 Å². The Morgan fingerprint density at radius 1 is 1.30 bits per heavy atom. The Kier molecular flexibility index (Phi) is 7.51. The van der Waals surface area contributed by atoms with Gasteiger partial charge in [-0.15, -0.1) is 0 Å². The molecule has 1 aliphatic rings. The SMILES string of the molecule is CCCn1cc(CNC(=O)[C@@H]2CC[C@H](NC(=O)c3ncccc3F)CN(C)C2)cn1. The van der Waals surface area contributed by atoms with Gasteiger partial charge >= 0.3 is 0 Å². The summed E-state index contributed by atoms with van der Waals surface area (Å²) >= 11 is 0. The monoisotopic (exact) mass is 416 g/mol. The molecule has 2 aromatic heterocycles. The van der Waals surface area contributed by atoms with Gasteiger partial charge in [-0.05, 0) is 38.4 Å². The molecule has 30 heavy (non-hydrogen) atoms. The van der Waals surface area contributed by atoms with Crippen molar-refractivity contribution in [2.24, 2.45) is 5.92 Å². The fourth-order valence-electron chi connectivity index (χ4n) is 3.73. The summed E-state index contributed by atoms with van der Waals surface area (Å²) in [5.41, 5.74) is 0.767. The molecule has 3 rings (SSSR count). The van der Waals surface area contributed by atoms with Gasteiger partial charge < -0.3 is 15.5 Å². The van der Waals surface area contributed by atoms with Crippen molar-refractivity contribution in [1.29, 1.82) is 0 Å². The number of aromatic nitrogens is 3. The molecule has 162 valence electrons. The van der Waals surface area contributed by atoms with E-state index < -0.39 is 11.7 Å². The van der Waals surface area contributed by atoms with Crippen molar-refractivity contribution in [3.63, 3.8) is 0 Å². The first-order valence-corrected chi connectivity index (χ1v) is 10.3. The van der Waals surface area contributed by atoms with Gasteiger partial charge in [0.1, 0.15) is 0 Å². The minimum atomic E-state index is -0.642. The van der Waals surface area contributed by atoms with Crippen LogP contribution in [0.1, 0.15) is 42.2 Å². The molecule has 1 fully saturated rings. The quantitative estimate of drug-likeness (QED) is 0.715. The lowest BCUT2D eigenvalue weighted by molar-refractivity contribution is -0.125. The summed E-state index contributed by atoms with van der Waals surface area (Å²) in [6.07, 6.45) is 7.40. The number of likely N-dealkylation sites (tertiary alicyclic amines) is 1. The molecule has 0 unspecified atom stereocenters. The van der Waals surface area contributed by atoms with E-state index in [9.17, 15) is 14.0 Å². The van der Waals surface area contributed by atoms with Gasteiger partial charge in [0.2, 0.25) is 5.91 Å². The molecule has 1 saturated heterocycles. The molecule has 9 heteroatoms. The van der Waals surface area contributed by atoms with Gasteiger partial charge in [-0.25, -0.2) is 9.37 Å². The van der Waals surface area contributed by atoms with Gasteiger partial charge in [0.15, 0.2) is 11.5 Å². The van der Waals surface area contributed by atoms with Crippen molar-refractivity contribution in [2.75, 3.05) is 20.1 Å². The zero-order valence-corrected chi connectivity index (χ0v) is 17.5. The molecule has 2 amide bonds. The van der Waals surface area contributed by atoms with Gasteiger partial charge in [0.05, 0.1) is 12.1 Å². The number of likely N-dealkylation sites (N-methyl/N-ethyl adjacent to an activating group) is 1. The van der Waals surface area contributed by atoms with Gasteiger partial charge in [0, 0.05) is 50.2 Å². The Bertz CT molecular complexity index is 871. The molecule has 2 atom stereocenters. The van der Waals surface area contributed by atoms with Crippen LogP contribution in [0.15, 0.2) is 30.7 Å². The molecular weight excluding hydrogens is 387 g/mol. The van der Waals surface area contributed by atoms with Gasteiger partial charge in [-0.2, -0.15) is 5.10 Å². The molecule has 0 bridgehead atoms. The van der Waals surface area contributed by atoms with Crippen molar-refractivity contribution in [1.82, 2.24) is 30.3 Å². The van der Waals surface area contributed by atoms with E-state index in [1.54, 1.807) is 6.20 Å². The average Bonchev–Trinajstić information content (AvgIpc) is 3.08. The van der Waals surface area contributed by atoms with Crippen LogP contribution in [0.2, 0.25) is 0 Å². The number of carbonyl (C=O) groups excluding carboxylic acids is 2. The van der Waals surface area contributed by atoms with E-state index >= 15 is 0 Å². The number of halogens is 1. The minimum Gasteiger partial charge on any atom is -0.352 e. The summed E-state index contributed by atoms with van der Waals surface area (Å²) in [7, 11) is 1.92. The maximum atomic E-state index is 13.8. The van der Waals surface area contributed by atoms with E-state index in [-0.39, 0.29) is 23.6 Å². The predicted molar refractivity (Wildman–Crippen MR) is 110 cm³/mol. The molecule has 0 radical (unpaired) electrons. The topological polar surface area (TPSA) is 92.2 Å². The van der Waals surface area contributed by atoms with E-state index in [0.29, 0.717) is 32.5 Å². The van der Waals surface area contributed by atoms with Crippen LogP contribution in [0.4, 0.5) is 4.39 Å². The second kappa shape index (κ2) is 10.3. The number of nitrogens with one attached hydrogen (secondary N) is 2. The molecule has 0 spiro atoms. The Labute approximate surface area is 175 Å². The van der Waals surface area contributed by atoms with Crippen LogP contribution in [0.25, 0.3) is 0 Å². The third-order valence-electron chi connectivity index (χ3n) is 5.21. The van der Waals surface area contributed by atoms with Crippen LogP contribution in [0.3, 0.4) is 0 Å². The Balaban J connectivity index is 1.52. The van der Waals surface area contributed by atoms with Crippen LogP contribution < -0.4 is 10.6 Å². The summed E-state index contributed by atoms with van der Waals surface area (Å²) < 4.78 is 15.7. The highest BCUT2D eigenvalue weighted by atomic mass is 19.1. The Hall–Kier alpha value is -2.81. The standard InChI is InChI=1S/C21H29FN6O2/c1-3-9-28-12-15(11-25-28)10-24-20(29)16-6-7-17(14-27(2)13-16)26-21(30)19-18(22)5-4-8-23-19/h4-5,8,11-12,16-17H,3,6-7,9-10,13-14H2,1-2H3,(H,24,29)(H,26,30)/t16-,17+/m1/s1. The van der Waals surface area contributed by atoms with Gasteiger partial charge in [-0.1, -0.05) is 6.92 Å². The molecular formula is C21H29FN6O2. The van der Waals surface area contributed by atoms with Crippen molar-refractivity contribution in [2.45, 2.75) is 45.3 Å². The number of nitrogens with zero attached hydrogens (tertiary/aromatic N) is 4. The van der Waals surface area contributed by atoms with Crippen molar-refractivity contribution < 1.29 is 14.0 Å². The lowest BCUT2D eigenvalue weighted by Crippen LogP contribution is -2.42. The second-order valence-electron chi connectivity index (χ2n) is 7.83. The number of carbonyl (C=O) groups is 2. The van der Waals surface area contributed by atoms with Gasteiger partial charge in [-0.3, -0.25) is 14.3 Å². The fourth-order valence-corrected chi connectivity index (χ4v) is 3.73. The number of aryl methyl sites for hydroxylation is 1. The molecule has 3 heterocycles. The predicted octanol–water partition coefficient (Wildman–Crippen LogP) is 1.58. The highest BCUT2D eigenvalue weighted by Crippen LogP contribution is 2.17. The Morgan fingerprint density at radius 3 is 2.90 bits per heavy atom. The molecule has 0 aliphatic carbocycles. The van der Waals surface area contributed by atoms with E-state index in [0.717, 1.165) is 18.5 Å². The second-order valence-corrected chi connectivity index (χ2v) is 7.83. The maximum absolute atomic E-state index is 13.8. The summed E-state index contributed by atoms with van der Waals surface area (Å²) in [4.78, 5) is 30.9. The highest BCUT2D eigenvalue weighted by molar-refractivity contribution is 5.92. The van der Waals surface area contributed by atoms with E-state index in [4.69, 9.17) is 0 Å². The normalized spacial score (nSPS) is 19.8. The van der Waals surface area contributed by atoms with Gasteiger partial charge in [0.25, 0.3) is 5.91 Å². The lowest BCUT2D eigenvalue weighted by Gasteiger charge is -2.21. The average molecular weight is 417 g/mol. The third kappa shape index (κ3) is 5.85.